The van der Waals surface area contributed by atoms with Gasteiger partial charge in [0.1, 0.15) is 0 Å². The van der Waals surface area contributed by atoms with E-state index in [2.05, 4.69) is 6.92 Å². The minimum atomic E-state index is -4.12. The summed E-state index contributed by atoms with van der Waals surface area (Å²) in [6.45, 7) is 2.26. The van der Waals surface area contributed by atoms with Gasteiger partial charge in [0.25, 0.3) is 0 Å². The normalized spacial score (nSPS) is 12.0. The highest BCUT2D eigenvalue weighted by Crippen LogP contribution is 2.34. The first-order chi connectivity index (χ1) is 13.0. The Morgan fingerprint density at radius 1 is 0.815 bits per heavy atom. The maximum atomic E-state index is 11.2. The molecule has 5 nitrogen and oxygen atoms in total. The number of hydrogen-bond acceptors (Lipinski definition) is 3. The summed E-state index contributed by atoms with van der Waals surface area (Å²) in [5.74, 6) is -0.601. The second-order valence-corrected chi connectivity index (χ2v) is 9.16. The molecule has 0 aliphatic carbocycles. The molecule has 0 bridgehead atoms. The number of rotatable bonds is 19. The molecule has 0 aromatic heterocycles. The van der Waals surface area contributed by atoms with Crippen molar-refractivity contribution < 1.29 is 23.9 Å². The van der Waals surface area contributed by atoms with Crippen molar-refractivity contribution >= 4 is 13.6 Å². The molecule has 0 radical (unpaired) electrons. The molecular formula is C21H41O5P. The molecule has 0 aliphatic heterocycles. The van der Waals surface area contributed by atoms with Crippen LogP contribution in [0.25, 0.3) is 0 Å². The van der Waals surface area contributed by atoms with Gasteiger partial charge in [-0.3, -0.25) is 9.36 Å². The fourth-order valence-corrected chi connectivity index (χ4v) is 3.42. The molecule has 0 saturated carbocycles. The van der Waals surface area contributed by atoms with Gasteiger partial charge in [-0.05, 0) is 18.9 Å². The zero-order valence-corrected chi connectivity index (χ0v) is 18.1. The third kappa shape index (κ3) is 23.3. The largest absolute Gasteiger partial charge is 0.435 e. The molecule has 6 heteroatoms. The first-order valence-electron chi connectivity index (χ1n) is 10.8. The summed E-state index contributed by atoms with van der Waals surface area (Å²) in [6.07, 6.45) is 21.9. The lowest BCUT2D eigenvalue weighted by Crippen LogP contribution is -2.02. The van der Waals surface area contributed by atoms with Crippen LogP contribution in [0.1, 0.15) is 110 Å². The maximum Gasteiger partial charge on any atom is 0.326 e. The predicted molar refractivity (Wildman–Crippen MR) is 112 cm³/mol. The van der Waals surface area contributed by atoms with Crippen LogP contribution in [-0.2, 0) is 14.1 Å². The molecule has 0 aromatic carbocycles. The average Bonchev–Trinajstić information content (AvgIpc) is 2.62. The summed E-state index contributed by atoms with van der Waals surface area (Å²) < 4.78 is 15.4. The molecule has 2 N–H and O–H groups in total. The van der Waals surface area contributed by atoms with E-state index in [1.807, 2.05) is 0 Å². The lowest BCUT2D eigenvalue weighted by atomic mass is 10.0. The van der Waals surface area contributed by atoms with Gasteiger partial charge in [-0.15, -0.1) is 0 Å². The number of carbonyl (C=O) groups is 1. The Kier molecular flexibility index (Phi) is 18.3. The van der Waals surface area contributed by atoms with Crippen LogP contribution in [0.15, 0.2) is 12.3 Å². The third-order valence-electron chi connectivity index (χ3n) is 4.63. The molecular weight excluding hydrogens is 363 g/mol. The summed E-state index contributed by atoms with van der Waals surface area (Å²) in [5.41, 5.74) is 0. The van der Waals surface area contributed by atoms with Crippen molar-refractivity contribution in [3.8, 4) is 0 Å². The van der Waals surface area contributed by atoms with E-state index in [4.69, 9.17) is 14.5 Å². The molecule has 0 amide bonds. The van der Waals surface area contributed by atoms with Crippen LogP contribution in [0.3, 0.4) is 0 Å². The van der Waals surface area contributed by atoms with Gasteiger partial charge in [0, 0.05) is 0 Å². The SMILES string of the molecule is CCCCCCCCCCCCCCCCC=COC(=O)CCP(=O)(O)O. The van der Waals surface area contributed by atoms with E-state index >= 15 is 0 Å². The van der Waals surface area contributed by atoms with Crippen LogP contribution in [0.2, 0.25) is 0 Å². The molecule has 0 atom stereocenters. The Bertz CT molecular complexity index is 417. The number of carbonyl (C=O) groups excluding carboxylic acids is 1. The molecule has 0 unspecified atom stereocenters. The van der Waals surface area contributed by atoms with Gasteiger partial charge < -0.3 is 14.5 Å². The third-order valence-corrected chi connectivity index (χ3v) is 5.43. The van der Waals surface area contributed by atoms with Crippen molar-refractivity contribution in [2.75, 3.05) is 6.16 Å². The summed E-state index contributed by atoms with van der Waals surface area (Å²) in [5, 5.41) is 0. The zero-order chi connectivity index (χ0) is 20.2. The Balaban J connectivity index is 3.24. The van der Waals surface area contributed by atoms with Gasteiger partial charge in [0.2, 0.25) is 0 Å². The Hall–Kier alpha value is -0.640. The van der Waals surface area contributed by atoms with Gasteiger partial charge in [-0.1, -0.05) is 90.4 Å². The summed E-state index contributed by atoms with van der Waals surface area (Å²) in [6, 6.07) is 0. The molecule has 0 heterocycles. The lowest BCUT2D eigenvalue weighted by molar-refractivity contribution is -0.137. The Morgan fingerprint density at radius 3 is 1.70 bits per heavy atom. The van der Waals surface area contributed by atoms with Gasteiger partial charge >= 0.3 is 13.6 Å². The molecule has 0 rings (SSSR count). The van der Waals surface area contributed by atoms with Crippen molar-refractivity contribution in [1.29, 1.82) is 0 Å². The number of ether oxygens (including phenoxy) is 1. The van der Waals surface area contributed by atoms with Crippen LogP contribution in [0.5, 0.6) is 0 Å². The minimum Gasteiger partial charge on any atom is -0.435 e. The molecule has 27 heavy (non-hydrogen) atoms. The number of allylic oxidation sites excluding steroid dienone is 1. The van der Waals surface area contributed by atoms with Gasteiger partial charge in [-0.25, -0.2) is 0 Å². The van der Waals surface area contributed by atoms with Crippen molar-refractivity contribution in [2.45, 2.75) is 110 Å². The van der Waals surface area contributed by atoms with Crippen LogP contribution in [0, 0.1) is 0 Å². The fourth-order valence-electron chi connectivity index (χ4n) is 2.94. The van der Waals surface area contributed by atoms with Crippen LogP contribution in [-0.4, -0.2) is 21.9 Å². The van der Waals surface area contributed by atoms with E-state index in [-0.39, 0.29) is 6.42 Å². The highest BCUT2D eigenvalue weighted by Gasteiger charge is 2.15. The topological polar surface area (TPSA) is 83.8 Å². The minimum absolute atomic E-state index is 0.256. The number of hydrogen-bond donors (Lipinski definition) is 2. The molecule has 0 saturated heterocycles. The summed E-state index contributed by atoms with van der Waals surface area (Å²) in [7, 11) is -4.12. The first kappa shape index (κ1) is 26.4. The Morgan fingerprint density at radius 2 is 1.26 bits per heavy atom. The quantitative estimate of drug-likeness (QED) is 0.111. The van der Waals surface area contributed by atoms with Crippen LogP contribution in [0.4, 0.5) is 0 Å². The number of esters is 1. The predicted octanol–water partition coefficient (Wildman–Crippen LogP) is 6.48. The molecule has 160 valence electrons. The van der Waals surface area contributed by atoms with Crippen molar-refractivity contribution in [2.24, 2.45) is 0 Å². The highest BCUT2D eigenvalue weighted by molar-refractivity contribution is 7.51. The smallest absolute Gasteiger partial charge is 0.326 e. The van der Waals surface area contributed by atoms with Gasteiger partial charge in [0.05, 0.1) is 18.8 Å². The lowest BCUT2D eigenvalue weighted by Gasteiger charge is -2.03. The molecule has 0 aliphatic rings. The maximum absolute atomic E-state index is 11.2. The molecule has 0 fully saturated rings. The zero-order valence-electron chi connectivity index (χ0n) is 17.2. The highest BCUT2D eigenvalue weighted by atomic mass is 31.2. The number of unbranched alkanes of at least 4 members (excludes halogenated alkanes) is 14. The second kappa shape index (κ2) is 18.7. The fraction of sp³-hybridized carbons (Fsp3) is 0.857. The molecule has 0 spiro atoms. The monoisotopic (exact) mass is 404 g/mol. The van der Waals surface area contributed by atoms with Gasteiger partial charge in [-0.2, -0.15) is 0 Å². The standard InChI is InChI=1S/C21H41O5P/c1-2-3-4-5-6-7-8-9-10-11-12-13-14-15-16-17-19-26-21(22)18-20-27(23,24)25/h17,19H,2-16,18,20H2,1H3,(H2,23,24,25). The van der Waals surface area contributed by atoms with Crippen LogP contribution >= 0.6 is 7.60 Å². The summed E-state index contributed by atoms with van der Waals surface area (Å²) in [4.78, 5) is 28.6. The second-order valence-electron chi connectivity index (χ2n) is 7.38. The van der Waals surface area contributed by atoms with E-state index in [0.717, 1.165) is 12.8 Å². The van der Waals surface area contributed by atoms with Crippen molar-refractivity contribution in [1.82, 2.24) is 0 Å². The van der Waals surface area contributed by atoms with Crippen molar-refractivity contribution in [3.63, 3.8) is 0 Å². The van der Waals surface area contributed by atoms with E-state index in [9.17, 15) is 9.36 Å². The van der Waals surface area contributed by atoms with Crippen LogP contribution < -0.4 is 0 Å². The van der Waals surface area contributed by atoms with Crippen molar-refractivity contribution in [3.05, 3.63) is 12.3 Å². The van der Waals surface area contributed by atoms with Gasteiger partial charge in [0.15, 0.2) is 0 Å². The van der Waals surface area contributed by atoms with E-state index < -0.39 is 19.7 Å². The summed E-state index contributed by atoms with van der Waals surface area (Å²) >= 11 is 0. The van der Waals surface area contributed by atoms with E-state index in [0.29, 0.717) is 0 Å². The van der Waals surface area contributed by atoms with E-state index in [1.54, 1.807) is 6.08 Å². The first-order valence-corrected chi connectivity index (χ1v) is 12.6. The Labute approximate surface area is 166 Å². The molecule has 0 aromatic rings. The van der Waals surface area contributed by atoms with E-state index in [1.165, 1.54) is 89.7 Å². The average molecular weight is 405 g/mol.